The van der Waals surface area contributed by atoms with Crippen LogP contribution in [0.4, 0.5) is 0 Å². The average Bonchev–Trinajstić information content (AvgIpc) is 2.01. The molecule has 3 N–H and O–H groups in total. The van der Waals surface area contributed by atoms with Crippen LogP contribution in [0.15, 0.2) is 11.6 Å². The van der Waals surface area contributed by atoms with Crippen LogP contribution in [0.2, 0.25) is 0 Å². The molecule has 0 radical (unpaired) electrons. The van der Waals surface area contributed by atoms with Crippen molar-refractivity contribution in [3.8, 4) is 0 Å². The van der Waals surface area contributed by atoms with Gasteiger partial charge in [0.1, 0.15) is 0 Å². The maximum Gasteiger partial charge on any atom is 0.331 e. The predicted octanol–water partition coefficient (Wildman–Crippen LogP) is 1.88. The highest BCUT2D eigenvalue weighted by Gasteiger charge is 2.09. The van der Waals surface area contributed by atoms with Gasteiger partial charge in [-0.1, -0.05) is 13.0 Å². The normalized spacial score (nSPS) is 13.0. The number of rotatable bonds is 6. The Balaban J connectivity index is 3.86. The molecule has 14 heavy (non-hydrogen) atoms. The number of carboxylic acid groups (broad SMARTS) is 1. The summed E-state index contributed by atoms with van der Waals surface area (Å²) in [6.45, 7) is 5.76. The van der Waals surface area contributed by atoms with Gasteiger partial charge in [-0.15, -0.1) is 0 Å². The SMILES string of the molecule is CCC(=CCSCC(C)(C)N)C(=O)O. The maximum atomic E-state index is 10.6. The third kappa shape index (κ3) is 6.97. The van der Waals surface area contributed by atoms with E-state index in [0.29, 0.717) is 12.0 Å². The van der Waals surface area contributed by atoms with Gasteiger partial charge in [0.05, 0.1) is 0 Å². The molecule has 0 spiro atoms. The number of carbonyl (C=O) groups is 1. The molecular weight excluding hydrogens is 198 g/mol. The van der Waals surface area contributed by atoms with Crippen molar-refractivity contribution in [2.45, 2.75) is 32.7 Å². The van der Waals surface area contributed by atoms with Crippen molar-refractivity contribution < 1.29 is 9.90 Å². The van der Waals surface area contributed by atoms with Gasteiger partial charge >= 0.3 is 5.97 Å². The largest absolute Gasteiger partial charge is 0.478 e. The minimum atomic E-state index is -0.819. The molecule has 0 aromatic heterocycles. The van der Waals surface area contributed by atoms with Crippen LogP contribution in [0.1, 0.15) is 27.2 Å². The van der Waals surface area contributed by atoms with Crippen molar-refractivity contribution in [1.29, 1.82) is 0 Å². The first kappa shape index (κ1) is 13.5. The molecule has 3 nitrogen and oxygen atoms in total. The van der Waals surface area contributed by atoms with Crippen LogP contribution >= 0.6 is 11.8 Å². The van der Waals surface area contributed by atoms with Gasteiger partial charge in [-0.3, -0.25) is 0 Å². The number of hydrogen-bond acceptors (Lipinski definition) is 3. The number of aliphatic carboxylic acids is 1. The van der Waals surface area contributed by atoms with Crippen LogP contribution in [0.3, 0.4) is 0 Å². The molecule has 0 bridgehead atoms. The second-order valence-electron chi connectivity index (χ2n) is 3.89. The molecule has 0 saturated carbocycles. The molecule has 4 heteroatoms. The Morgan fingerprint density at radius 3 is 2.50 bits per heavy atom. The molecule has 0 heterocycles. The minimum Gasteiger partial charge on any atom is -0.478 e. The Morgan fingerprint density at radius 1 is 1.57 bits per heavy atom. The van der Waals surface area contributed by atoms with E-state index in [9.17, 15) is 4.79 Å². The van der Waals surface area contributed by atoms with Gasteiger partial charge in [0.25, 0.3) is 0 Å². The molecule has 0 atom stereocenters. The lowest BCUT2D eigenvalue weighted by atomic mass is 10.1. The highest BCUT2D eigenvalue weighted by Crippen LogP contribution is 2.11. The summed E-state index contributed by atoms with van der Waals surface area (Å²) in [5, 5.41) is 8.73. The van der Waals surface area contributed by atoms with Crippen molar-refractivity contribution in [2.75, 3.05) is 11.5 Å². The van der Waals surface area contributed by atoms with Crippen LogP contribution < -0.4 is 5.73 Å². The smallest absolute Gasteiger partial charge is 0.331 e. The molecule has 0 aliphatic carbocycles. The van der Waals surface area contributed by atoms with Gasteiger partial charge in [0.15, 0.2) is 0 Å². The standard InChI is InChI=1S/C10H19NO2S/c1-4-8(9(12)13)5-6-14-7-10(2,3)11/h5H,4,6-7,11H2,1-3H3,(H,12,13). The molecule has 0 amide bonds. The third-order valence-electron chi connectivity index (χ3n) is 1.58. The summed E-state index contributed by atoms with van der Waals surface area (Å²) in [6.07, 6.45) is 2.33. The molecular formula is C10H19NO2S. The zero-order valence-electron chi connectivity index (χ0n) is 9.04. The summed E-state index contributed by atoms with van der Waals surface area (Å²) in [7, 11) is 0. The first-order chi connectivity index (χ1) is 6.37. The van der Waals surface area contributed by atoms with Gasteiger partial charge in [0, 0.05) is 22.6 Å². The van der Waals surface area contributed by atoms with Gasteiger partial charge in [0.2, 0.25) is 0 Å². The van der Waals surface area contributed by atoms with E-state index in [1.807, 2.05) is 20.8 Å². The zero-order valence-corrected chi connectivity index (χ0v) is 9.86. The van der Waals surface area contributed by atoms with Gasteiger partial charge in [-0.25, -0.2) is 4.79 Å². The Labute approximate surface area is 89.8 Å². The van der Waals surface area contributed by atoms with Crippen molar-refractivity contribution in [2.24, 2.45) is 5.73 Å². The molecule has 0 aliphatic rings. The number of nitrogens with two attached hydrogens (primary N) is 1. The zero-order chi connectivity index (χ0) is 11.2. The fraction of sp³-hybridized carbons (Fsp3) is 0.700. The van der Waals surface area contributed by atoms with Crippen molar-refractivity contribution in [3.63, 3.8) is 0 Å². The second kappa shape index (κ2) is 6.09. The molecule has 0 aliphatic heterocycles. The Hall–Kier alpha value is -0.480. The molecule has 0 unspecified atom stereocenters. The van der Waals surface area contributed by atoms with Crippen LogP contribution in [0.25, 0.3) is 0 Å². The van der Waals surface area contributed by atoms with E-state index in [1.54, 1.807) is 17.8 Å². The van der Waals surface area contributed by atoms with Gasteiger partial charge in [-0.05, 0) is 20.3 Å². The highest BCUT2D eigenvalue weighted by molar-refractivity contribution is 7.99. The van der Waals surface area contributed by atoms with E-state index < -0.39 is 5.97 Å². The van der Waals surface area contributed by atoms with E-state index in [0.717, 1.165) is 11.5 Å². The van der Waals surface area contributed by atoms with E-state index >= 15 is 0 Å². The number of thioether (sulfide) groups is 1. The predicted molar refractivity (Wildman–Crippen MR) is 61.6 cm³/mol. The average molecular weight is 217 g/mol. The molecule has 0 aromatic carbocycles. The van der Waals surface area contributed by atoms with Crippen LogP contribution in [0.5, 0.6) is 0 Å². The first-order valence-corrected chi connectivity index (χ1v) is 5.81. The summed E-state index contributed by atoms with van der Waals surface area (Å²) in [4.78, 5) is 10.6. The summed E-state index contributed by atoms with van der Waals surface area (Å²) in [5.41, 5.74) is 6.08. The van der Waals surface area contributed by atoms with E-state index in [2.05, 4.69) is 0 Å². The highest BCUT2D eigenvalue weighted by atomic mass is 32.2. The van der Waals surface area contributed by atoms with E-state index in [-0.39, 0.29) is 5.54 Å². The summed E-state index contributed by atoms with van der Waals surface area (Å²) in [5.74, 6) is 0.732. The molecule has 0 fully saturated rings. The van der Waals surface area contributed by atoms with E-state index in [4.69, 9.17) is 10.8 Å². The van der Waals surface area contributed by atoms with Crippen molar-refractivity contribution in [3.05, 3.63) is 11.6 Å². The van der Waals surface area contributed by atoms with Crippen molar-refractivity contribution in [1.82, 2.24) is 0 Å². The summed E-state index contributed by atoms with van der Waals surface area (Å²) in [6, 6.07) is 0. The first-order valence-electron chi connectivity index (χ1n) is 4.65. The third-order valence-corrected chi connectivity index (χ3v) is 2.93. The molecule has 82 valence electrons. The molecule has 0 rings (SSSR count). The van der Waals surface area contributed by atoms with Crippen LogP contribution in [-0.2, 0) is 4.79 Å². The number of carboxylic acids is 1. The number of hydrogen-bond donors (Lipinski definition) is 2. The fourth-order valence-electron chi connectivity index (χ4n) is 0.864. The van der Waals surface area contributed by atoms with Gasteiger partial charge in [-0.2, -0.15) is 11.8 Å². The monoisotopic (exact) mass is 217 g/mol. The summed E-state index contributed by atoms with van der Waals surface area (Å²) >= 11 is 1.66. The lowest BCUT2D eigenvalue weighted by molar-refractivity contribution is -0.132. The van der Waals surface area contributed by atoms with Crippen LogP contribution in [-0.4, -0.2) is 28.1 Å². The van der Waals surface area contributed by atoms with Crippen LogP contribution in [0, 0.1) is 0 Å². The summed E-state index contributed by atoms with van der Waals surface area (Å²) < 4.78 is 0. The topological polar surface area (TPSA) is 63.3 Å². The Morgan fingerprint density at radius 2 is 2.14 bits per heavy atom. The molecule has 0 aromatic rings. The quantitative estimate of drug-likeness (QED) is 0.526. The molecule has 0 saturated heterocycles. The maximum absolute atomic E-state index is 10.6. The van der Waals surface area contributed by atoms with Gasteiger partial charge < -0.3 is 10.8 Å². The Bertz CT molecular complexity index is 219. The lowest BCUT2D eigenvalue weighted by Crippen LogP contribution is -2.34. The van der Waals surface area contributed by atoms with E-state index in [1.165, 1.54) is 0 Å². The lowest BCUT2D eigenvalue weighted by Gasteiger charge is -2.16. The second-order valence-corrected chi connectivity index (χ2v) is 4.92. The van der Waals surface area contributed by atoms with Crippen molar-refractivity contribution >= 4 is 17.7 Å². The fourth-order valence-corrected chi connectivity index (χ4v) is 1.83. The minimum absolute atomic E-state index is 0.186. The Kier molecular flexibility index (Phi) is 5.88.